The monoisotopic (exact) mass is 211 g/mol. The summed E-state index contributed by atoms with van der Waals surface area (Å²) in [4.78, 5) is 0. The van der Waals surface area contributed by atoms with Crippen molar-refractivity contribution in [1.29, 1.82) is 0 Å². The van der Waals surface area contributed by atoms with Gasteiger partial charge in [-0.1, -0.05) is 12.1 Å². The summed E-state index contributed by atoms with van der Waals surface area (Å²) in [5, 5.41) is 0. The van der Waals surface area contributed by atoms with Crippen LogP contribution < -0.4 is 5.73 Å². The van der Waals surface area contributed by atoms with E-state index in [9.17, 15) is 8.78 Å². The van der Waals surface area contributed by atoms with Crippen LogP contribution in [-0.2, 0) is 5.54 Å². The van der Waals surface area contributed by atoms with Crippen LogP contribution in [0.3, 0.4) is 0 Å². The van der Waals surface area contributed by atoms with E-state index < -0.39 is 11.5 Å². The summed E-state index contributed by atoms with van der Waals surface area (Å²) in [5.41, 5.74) is 7.88. The molecule has 1 aliphatic rings. The Morgan fingerprint density at radius 2 is 1.53 bits per heavy atom. The van der Waals surface area contributed by atoms with Gasteiger partial charge >= 0.3 is 0 Å². The predicted molar refractivity (Wildman–Crippen MR) is 56.1 cm³/mol. The SMILES string of the molecule is Cc1cc(C)c(C2(N)CC2(F)F)cc1C. The van der Waals surface area contributed by atoms with Gasteiger partial charge in [-0.2, -0.15) is 0 Å². The van der Waals surface area contributed by atoms with Crippen LogP contribution >= 0.6 is 0 Å². The van der Waals surface area contributed by atoms with Crippen LogP contribution in [0, 0.1) is 20.8 Å². The molecular formula is C12H15F2N. The van der Waals surface area contributed by atoms with Gasteiger partial charge < -0.3 is 5.73 Å². The number of halogens is 2. The first-order valence-corrected chi connectivity index (χ1v) is 5.03. The molecule has 0 amide bonds. The average Bonchev–Trinajstić information content (AvgIpc) is 2.60. The van der Waals surface area contributed by atoms with Gasteiger partial charge in [-0.05, 0) is 43.0 Å². The van der Waals surface area contributed by atoms with Crippen LogP contribution in [0.25, 0.3) is 0 Å². The lowest BCUT2D eigenvalue weighted by Gasteiger charge is -2.16. The van der Waals surface area contributed by atoms with E-state index >= 15 is 0 Å². The van der Waals surface area contributed by atoms with Crippen LogP contribution in [-0.4, -0.2) is 5.92 Å². The van der Waals surface area contributed by atoms with E-state index in [-0.39, 0.29) is 6.42 Å². The first-order chi connectivity index (χ1) is 6.78. The van der Waals surface area contributed by atoms with E-state index in [0.29, 0.717) is 5.56 Å². The molecule has 1 aromatic carbocycles. The Labute approximate surface area is 88.3 Å². The summed E-state index contributed by atoms with van der Waals surface area (Å²) in [5.74, 6) is -2.74. The van der Waals surface area contributed by atoms with Crippen molar-refractivity contribution in [2.75, 3.05) is 0 Å². The maximum atomic E-state index is 13.2. The highest BCUT2D eigenvalue weighted by molar-refractivity contribution is 5.45. The van der Waals surface area contributed by atoms with Crippen molar-refractivity contribution in [3.63, 3.8) is 0 Å². The fourth-order valence-electron chi connectivity index (χ4n) is 2.04. The predicted octanol–water partition coefficient (Wildman–Crippen LogP) is 2.80. The highest BCUT2D eigenvalue weighted by atomic mass is 19.3. The zero-order valence-corrected chi connectivity index (χ0v) is 9.20. The molecular weight excluding hydrogens is 196 g/mol. The maximum absolute atomic E-state index is 13.2. The number of aryl methyl sites for hydroxylation is 3. The third kappa shape index (κ3) is 1.37. The average molecular weight is 211 g/mol. The second kappa shape index (κ2) is 2.79. The van der Waals surface area contributed by atoms with Gasteiger partial charge in [0.1, 0.15) is 5.54 Å². The molecule has 1 fully saturated rings. The van der Waals surface area contributed by atoms with Gasteiger partial charge in [-0.25, -0.2) is 8.78 Å². The lowest BCUT2D eigenvalue weighted by Crippen LogP contribution is -2.28. The van der Waals surface area contributed by atoms with Crippen molar-refractivity contribution in [1.82, 2.24) is 0 Å². The van der Waals surface area contributed by atoms with E-state index in [4.69, 9.17) is 5.73 Å². The van der Waals surface area contributed by atoms with Gasteiger partial charge in [0.2, 0.25) is 0 Å². The third-order valence-electron chi connectivity index (χ3n) is 3.35. The molecule has 1 atom stereocenters. The lowest BCUT2D eigenvalue weighted by molar-refractivity contribution is 0.0889. The Balaban J connectivity index is 2.52. The highest BCUT2D eigenvalue weighted by Gasteiger charge is 2.70. The fraction of sp³-hybridized carbons (Fsp3) is 0.500. The van der Waals surface area contributed by atoms with E-state index in [1.165, 1.54) is 0 Å². The van der Waals surface area contributed by atoms with Crippen molar-refractivity contribution >= 4 is 0 Å². The molecule has 82 valence electrons. The molecule has 1 aromatic rings. The Bertz CT molecular complexity index is 426. The molecule has 0 saturated heterocycles. The van der Waals surface area contributed by atoms with Crippen LogP contribution in [0.15, 0.2) is 12.1 Å². The van der Waals surface area contributed by atoms with Crippen LogP contribution in [0.1, 0.15) is 28.7 Å². The minimum absolute atomic E-state index is 0.233. The summed E-state index contributed by atoms with van der Waals surface area (Å²) in [6.07, 6.45) is -0.233. The van der Waals surface area contributed by atoms with Gasteiger partial charge in [-0.3, -0.25) is 0 Å². The van der Waals surface area contributed by atoms with Gasteiger partial charge in [0, 0.05) is 6.42 Å². The smallest absolute Gasteiger partial charge is 0.272 e. The number of nitrogens with two attached hydrogens (primary N) is 1. The molecule has 0 aliphatic heterocycles. The molecule has 0 heterocycles. The van der Waals surface area contributed by atoms with Gasteiger partial charge in [-0.15, -0.1) is 0 Å². The molecule has 2 N–H and O–H groups in total. The first kappa shape index (κ1) is 10.6. The summed E-state index contributed by atoms with van der Waals surface area (Å²) >= 11 is 0. The Kier molecular flexibility index (Phi) is 1.96. The molecule has 1 aliphatic carbocycles. The summed E-state index contributed by atoms with van der Waals surface area (Å²) in [6.45, 7) is 5.73. The number of hydrogen-bond donors (Lipinski definition) is 1. The first-order valence-electron chi connectivity index (χ1n) is 5.03. The van der Waals surface area contributed by atoms with Gasteiger partial charge in [0.25, 0.3) is 5.92 Å². The topological polar surface area (TPSA) is 26.0 Å². The second-order valence-electron chi connectivity index (χ2n) is 4.60. The van der Waals surface area contributed by atoms with Crippen molar-refractivity contribution in [2.24, 2.45) is 5.73 Å². The molecule has 1 saturated carbocycles. The number of hydrogen-bond acceptors (Lipinski definition) is 1. The zero-order valence-electron chi connectivity index (χ0n) is 9.20. The largest absolute Gasteiger partial charge is 0.316 e. The minimum Gasteiger partial charge on any atom is -0.316 e. The lowest BCUT2D eigenvalue weighted by atomic mass is 9.94. The Hall–Kier alpha value is -0.960. The quantitative estimate of drug-likeness (QED) is 0.759. The normalized spacial score (nSPS) is 27.9. The summed E-state index contributed by atoms with van der Waals surface area (Å²) in [7, 11) is 0. The molecule has 0 radical (unpaired) electrons. The second-order valence-corrected chi connectivity index (χ2v) is 4.60. The van der Waals surface area contributed by atoms with Crippen molar-refractivity contribution in [3.05, 3.63) is 34.4 Å². The van der Waals surface area contributed by atoms with Crippen molar-refractivity contribution in [2.45, 2.75) is 38.7 Å². The molecule has 1 nitrogen and oxygen atoms in total. The zero-order chi connectivity index (χ0) is 11.4. The standard InChI is InChI=1S/C12H15F2N/c1-7-4-9(3)10(5-8(7)2)11(15)6-12(11,13)14/h4-5H,6,15H2,1-3H3. The van der Waals surface area contributed by atoms with E-state index in [2.05, 4.69) is 0 Å². The molecule has 0 aromatic heterocycles. The van der Waals surface area contributed by atoms with Crippen molar-refractivity contribution in [3.8, 4) is 0 Å². The van der Waals surface area contributed by atoms with Gasteiger partial charge in [0.05, 0.1) is 0 Å². The molecule has 1 unspecified atom stereocenters. The van der Waals surface area contributed by atoms with Crippen molar-refractivity contribution < 1.29 is 8.78 Å². The summed E-state index contributed by atoms with van der Waals surface area (Å²) < 4.78 is 26.3. The van der Waals surface area contributed by atoms with Crippen LogP contribution in [0.4, 0.5) is 8.78 Å². The Morgan fingerprint density at radius 1 is 1.07 bits per heavy atom. The summed E-state index contributed by atoms with van der Waals surface area (Å²) in [6, 6.07) is 3.72. The maximum Gasteiger partial charge on any atom is 0.272 e. The number of rotatable bonds is 1. The fourth-order valence-corrected chi connectivity index (χ4v) is 2.04. The molecule has 0 spiro atoms. The molecule has 15 heavy (non-hydrogen) atoms. The molecule has 3 heteroatoms. The Morgan fingerprint density at radius 3 is 2.00 bits per heavy atom. The molecule has 0 bridgehead atoms. The van der Waals surface area contributed by atoms with E-state index in [1.54, 1.807) is 6.07 Å². The third-order valence-corrected chi connectivity index (χ3v) is 3.35. The van der Waals surface area contributed by atoms with E-state index in [1.807, 2.05) is 26.8 Å². The van der Waals surface area contributed by atoms with E-state index in [0.717, 1.165) is 16.7 Å². The van der Waals surface area contributed by atoms with Crippen LogP contribution in [0.2, 0.25) is 0 Å². The number of alkyl halides is 2. The van der Waals surface area contributed by atoms with Gasteiger partial charge in [0.15, 0.2) is 0 Å². The highest BCUT2D eigenvalue weighted by Crippen LogP contribution is 2.58. The minimum atomic E-state index is -2.74. The number of benzene rings is 1. The molecule has 2 rings (SSSR count). The van der Waals surface area contributed by atoms with Crippen LogP contribution in [0.5, 0.6) is 0 Å².